The SMILES string of the molecule is CC(C)Cc1nc(-c2cnc(N3CCC(CCCOc4cc(F)c(C(=O)N[C@@H](CC(C)C)C(=O)O)c(F)c4)CC3)nc2)no1. The molecule has 1 atom stereocenters. The Kier molecular flexibility index (Phi) is 11.2. The van der Waals surface area contributed by atoms with Gasteiger partial charge in [-0.2, -0.15) is 4.98 Å². The minimum absolute atomic E-state index is 0.0269. The van der Waals surface area contributed by atoms with Gasteiger partial charge in [-0.15, -0.1) is 0 Å². The van der Waals surface area contributed by atoms with Crippen molar-refractivity contribution in [3.8, 4) is 17.1 Å². The van der Waals surface area contributed by atoms with Crippen LogP contribution >= 0.6 is 0 Å². The van der Waals surface area contributed by atoms with Crippen LogP contribution in [-0.4, -0.2) is 62.8 Å². The maximum Gasteiger partial charge on any atom is 0.326 e. The Hall–Kier alpha value is -4.16. The summed E-state index contributed by atoms with van der Waals surface area (Å²) in [5.74, 6) is -2.04. The van der Waals surface area contributed by atoms with Crippen molar-refractivity contribution in [3.05, 3.63) is 47.6 Å². The Bertz CT molecular complexity index is 1380. The number of carboxylic acids is 1. The van der Waals surface area contributed by atoms with Crippen molar-refractivity contribution in [1.29, 1.82) is 0 Å². The van der Waals surface area contributed by atoms with E-state index in [1.54, 1.807) is 26.2 Å². The number of aliphatic carboxylic acids is 1. The predicted molar refractivity (Wildman–Crippen MR) is 158 cm³/mol. The second-order valence-electron chi connectivity index (χ2n) is 12.1. The molecular formula is C31H40F2N6O5. The number of benzene rings is 1. The van der Waals surface area contributed by atoms with E-state index < -0.39 is 35.1 Å². The van der Waals surface area contributed by atoms with E-state index in [-0.39, 0.29) is 24.7 Å². The molecule has 11 nitrogen and oxygen atoms in total. The van der Waals surface area contributed by atoms with Crippen molar-refractivity contribution in [1.82, 2.24) is 25.4 Å². The first-order valence-electron chi connectivity index (χ1n) is 15.1. The number of amides is 1. The molecule has 238 valence electrons. The van der Waals surface area contributed by atoms with E-state index >= 15 is 0 Å². The van der Waals surface area contributed by atoms with Gasteiger partial charge < -0.3 is 24.6 Å². The Balaban J connectivity index is 1.20. The number of hydrogen-bond donors (Lipinski definition) is 2. The zero-order valence-corrected chi connectivity index (χ0v) is 25.6. The van der Waals surface area contributed by atoms with Crippen LogP contribution in [0.4, 0.5) is 14.7 Å². The number of nitrogens with zero attached hydrogens (tertiary/aromatic N) is 5. The molecular weight excluding hydrogens is 574 g/mol. The highest BCUT2D eigenvalue weighted by atomic mass is 19.1. The third-order valence-electron chi connectivity index (χ3n) is 7.42. The number of carbonyl (C=O) groups is 2. The van der Waals surface area contributed by atoms with E-state index in [1.165, 1.54) is 0 Å². The van der Waals surface area contributed by atoms with Gasteiger partial charge in [0.05, 0.1) is 12.2 Å². The number of nitrogens with one attached hydrogen (secondary N) is 1. The molecule has 1 saturated heterocycles. The molecule has 1 aliphatic heterocycles. The summed E-state index contributed by atoms with van der Waals surface area (Å²) in [6.07, 6.45) is 7.76. The number of carbonyl (C=O) groups excluding carboxylic acids is 1. The number of hydrogen-bond acceptors (Lipinski definition) is 9. The van der Waals surface area contributed by atoms with Crippen molar-refractivity contribution >= 4 is 17.8 Å². The van der Waals surface area contributed by atoms with Gasteiger partial charge in [-0.05, 0) is 49.9 Å². The van der Waals surface area contributed by atoms with E-state index in [0.29, 0.717) is 47.9 Å². The number of carboxylic acid groups (broad SMARTS) is 1. The first-order valence-corrected chi connectivity index (χ1v) is 15.1. The number of piperidine rings is 1. The Morgan fingerprint density at radius 2 is 1.75 bits per heavy atom. The lowest BCUT2D eigenvalue weighted by Gasteiger charge is -2.32. The molecule has 4 rings (SSSR count). The molecule has 1 aromatic carbocycles. The fourth-order valence-corrected chi connectivity index (χ4v) is 5.16. The van der Waals surface area contributed by atoms with Crippen LogP contribution in [0.25, 0.3) is 11.4 Å². The summed E-state index contributed by atoms with van der Waals surface area (Å²) in [5, 5.41) is 15.5. The number of aromatic nitrogens is 4. The summed E-state index contributed by atoms with van der Waals surface area (Å²) in [7, 11) is 0. The standard InChI is InChI=1S/C31H40F2N6O5/c1-18(2)12-25(30(41)42)36-29(40)27-23(32)14-22(15-24(27)33)43-11-5-6-20-7-9-39(10-8-20)31-34-16-21(17-35-31)28-37-26(44-38-28)13-19(3)4/h14-20,25H,5-13H2,1-4H3,(H,36,40)(H,41,42)/t25-/m0/s1. The monoisotopic (exact) mass is 614 g/mol. The minimum Gasteiger partial charge on any atom is -0.493 e. The lowest BCUT2D eigenvalue weighted by Crippen LogP contribution is -2.42. The van der Waals surface area contributed by atoms with Crippen LogP contribution in [0, 0.1) is 29.4 Å². The number of rotatable bonds is 14. The first-order chi connectivity index (χ1) is 21.0. The third-order valence-corrected chi connectivity index (χ3v) is 7.42. The molecule has 0 spiro atoms. The van der Waals surface area contributed by atoms with Crippen molar-refractivity contribution in [2.75, 3.05) is 24.6 Å². The molecule has 1 fully saturated rings. The molecule has 0 saturated carbocycles. The van der Waals surface area contributed by atoms with Gasteiger partial charge in [0.1, 0.15) is 29.0 Å². The van der Waals surface area contributed by atoms with Crippen LogP contribution in [0.3, 0.4) is 0 Å². The van der Waals surface area contributed by atoms with Crippen molar-refractivity contribution < 1.29 is 32.7 Å². The van der Waals surface area contributed by atoms with Crippen LogP contribution in [0.15, 0.2) is 29.0 Å². The van der Waals surface area contributed by atoms with Crippen molar-refractivity contribution in [3.63, 3.8) is 0 Å². The molecule has 0 bridgehead atoms. The molecule has 44 heavy (non-hydrogen) atoms. The van der Waals surface area contributed by atoms with E-state index in [9.17, 15) is 23.5 Å². The molecule has 0 aliphatic carbocycles. The van der Waals surface area contributed by atoms with Gasteiger partial charge in [-0.25, -0.2) is 23.5 Å². The van der Waals surface area contributed by atoms with Crippen molar-refractivity contribution in [2.45, 2.75) is 72.3 Å². The first kappa shape index (κ1) is 32.7. The lowest BCUT2D eigenvalue weighted by molar-refractivity contribution is -0.139. The lowest BCUT2D eigenvalue weighted by atomic mass is 9.92. The largest absolute Gasteiger partial charge is 0.493 e. The topological polar surface area (TPSA) is 144 Å². The molecule has 0 radical (unpaired) electrons. The summed E-state index contributed by atoms with van der Waals surface area (Å²) in [6.45, 7) is 9.64. The fraction of sp³-hybridized carbons (Fsp3) is 0.548. The molecule has 3 aromatic rings. The molecule has 0 unspecified atom stereocenters. The molecule has 2 N–H and O–H groups in total. The highest BCUT2D eigenvalue weighted by molar-refractivity contribution is 5.97. The van der Waals surface area contributed by atoms with Gasteiger partial charge in [0.25, 0.3) is 5.91 Å². The number of ether oxygens (including phenoxy) is 1. The summed E-state index contributed by atoms with van der Waals surface area (Å²) < 4.78 is 40.2. The maximum atomic E-state index is 14.6. The highest BCUT2D eigenvalue weighted by Crippen LogP contribution is 2.26. The Morgan fingerprint density at radius 3 is 2.34 bits per heavy atom. The quantitative estimate of drug-likeness (QED) is 0.229. The number of anilines is 1. The zero-order valence-electron chi connectivity index (χ0n) is 25.6. The van der Waals surface area contributed by atoms with E-state index in [4.69, 9.17) is 9.26 Å². The smallest absolute Gasteiger partial charge is 0.326 e. The van der Waals surface area contributed by atoms with Gasteiger partial charge in [-0.1, -0.05) is 32.9 Å². The summed E-state index contributed by atoms with van der Waals surface area (Å²) in [5.41, 5.74) is -0.128. The average Bonchev–Trinajstić information content (AvgIpc) is 3.42. The second kappa shape index (κ2) is 15.0. The van der Waals surface area contributed by atoms with Crippen LogP contribution in [-0.2, 0) is 11.2 Å². The van der Waals surface area contributed by atoms with Gasteiger partial charge >= 0.3 is 5.97 Å². The summed E-state index contributed by atoms with van der Waals surface area (Å²) >= 11 is 0. The zero-order chi connectivity index (χ0) is 31.8. The molecule has 1 aliphatic rings. The van der Waals surface area contributed by atoms with Crippen LogP contribution < -0.4 is 15.0 Å². The normalized spacial score (nSPS) is 14.7. The van der Waals surface area contributed by atoms with Gasteiger partial charge in [0, 0.05) is 44.0 Å². The van der Waals surface area contributed by atoms with E-state index in [0.717, 1.165) is 44.5 Å². The highest BCUT2D eigenvalue weighted by Gasteiger charge is 2.26. The van der Waals surface area contributed by atoms with Crippen LogP contribution in [0.2, 0.25) is 0 Å². The van der Waals surface area contributed by atoms with Crippen LogP contribution in [0.1, 0.15) is 76.0 Å². The van der Waals surface area contributed by atoms with E-state index in [1.807, 2.05) is 0 Å². The predicted octanol–water partition coefficient (Wildman–Crippen LogP) is 5.31. The van der Waals surface area contributed by atoms with Crippen LogP contribution in [0.5, 0.6) is 5.75 Å². The molecule has 13 heteroatoms. The Labute approximate surface area is 255 Å². The van der Waals surface area contributed by atoms with E-state index in [2.05, 4.69) is 44.2 Å². The summed E-state index contributed by atoms with van der Waals surface area (Å²) in [4.78, 5) is 39.4. The number of halogens is 2. The molecule has 3 heterocycles. The molecule has 2 aromatic heterocycles. The molecule has 1 amide bonds. The average molecular weight is 615 g/mol. The maximum absolute atomic E-state index is 14.6. The minimum atomic E-state index is -1.27. The fourth-order valence-electron chi connectivity index (χ4n) is 5.16. The third kappa shape index (κ3) is 8.93. The Morgan fingerprint density at radius 1 is 1.09 bits per heavy atom. The van der Waals surface area contributed by atoms with Gasteiger partial charge in [-0.3, -0.25) is 4.79 Å². The van der Waals surface area contributed by atoms with Crippen molar-refractivity contribution in [2.24, 2.45) is 17.8 Å². The van der Waals surface area contributed by atoms with Gasteiger partial charge in [0.2, 0.25) is 17.7 Å². The van der Waals surface area contributed by atoms with Gasteiger partial charge in [0.15, 0.2) is 0 Å². The second-order valence-corrected chi connectivity index (χ2v) is 12.1. The summed E-state index contributed by atoms with van der Waals surface area (Å²) in [6, 6.07) is 0.648.